The van der Waals surface area contributed by atoms with Crippen molar-refractivity contribution in [2.75, 3.05) is 4.72 Å². The van der Waals surface area contributed by atoms with Crippen LogP contribution in [0.5, 0.6) is 0 Å². The minimum absolute atomic E-state index is 0.0233. The zero-order valence-electron chi connectivity index (χ0n) is 9.43. The van der Waals surface area contributed by atoms with Crippen molar-refractivity contribution in [2.45, 2.75) is 11.5 Å². The molecule has 4 nitrogen and oxygen atoms in total. The molecular formula is C11H9BrFNO3S2. The molecule has 0 spiro atoms. The Morgan fingerprint density at radius 3 is 2.63 bits per heavy atom. The number of hydrogen-bond acceptors (Lipinski definition) is 4. The summed E-state index contributed by atoms with van der Waals surface area (Å²) in [5.41, 5.74) is -0.119. The van der Waals surface area contributed by atoms with Gasteiger partial charge in [-0.15, -0.1) is 11.3 Å². The summed E-state index contributed by atoms with van der Waals surface area (Å²) < 4.78 is 40.2. The lowest BCUT2D eigenvalue weighted by molar-refractivity contribution is 0.285. The molecule has 8 heteroatoms. The molecule has 0 aliphatic rings. The third-order valence-electron chi connectivity index (χ3n) is 2.27. The van der Waals surface area contributed by atoms with Gasteiger partial charge in [-0.3, -0.25) is 4.72 Å². The minimum atomic E-state index is -3.89. The van der Waals surface area contributed by atoms with Crippen LogP contribution in [0.25, 0.3) is 0 Å². The Labute approximate surface area is 122 Å². The van der Waals surface area contributed by atoms with Crippen LogP contribution in [0.4, 0.5) is 10.1 Å². The average molecular weight is 366 g/mol. The van der Waals surface area contributed by atoms with Crippen LogP contribution in [-0.4, -0.2) is 13.5 Å². The van der Waals surface area contributed by atoms with E-state index in [1.54, 1.807) is 0 Å². The summed E-state index contributed by atoms with van der Waals surface area (Å²) in [7, 11) is -3.89. The van der Waals surface area contributed by atoms with Crippen LogP contribution in [0.3, 0.4) is 0 Å². The number of anilines is 1. The van der Waals surface area contributed by atoms with Gasteiger partial charge in [0.15, 0.2) is 0 Å². The van der Waals surface area contributed by atoms with Gasteiger partial charge in [0.2, 0.25) is 0 Å². The molecule has 0 fully saturated rings. The monoisotopic (exact) mass is 365 g/mol. The lowest BCUT2D eigenvalue weighted by atomic mass is 10.3. The zero-order chi connectivity index (χ0) is 14.0. The van der Waals surface area contributed by atoms with E-state index in [-0.39, 0.29) is 17.2 Å². The highest BCUT2D eigenvalue weighted by Crippen LogP contribution is 2.33. The molecule has 2 rings (SSSR count). The Balaban J connectivity index is 2.38. The van der Waals surface area contributed by atoms with E-state index in [4.69, 9.17) is 5.11 Å². The molecule has 19 heavy (non-hydrogen) atoms. The minimum Gasteiger partial charge on any atom is -0.391 e. The smallest absolute Gasteiger partial charge is 0.263 e. The molecule has 2 aromatic rings. The largest absolute Gasteiger partial charge is 0.391 e. The van der Waals surface area contributed by atoms with Crippen LogP contribution in [0.1, 0.15) is 4.88 Å². The Bertz CT molecular complexity index is 700. The highest BCUT2D eigenvalue weighted by molar-refractivity contribution is 9.11. The summed E-state index contributed by atoms with van der Waals surface area (Å²) in [6.45, 7) is -0.252. The molecule has 1 aromatic carbocycles. The number of hydrogen-bond donors (Lipinski definition) is 2. The van der Waals surface area contributed by atoms with Crippen molar-refractivity contribution in [1.82, 2.24) is 0 Å². The first-order valence-corrected chi connectivity index (χ1v) is 8.19. The van der Waals surface area contributed by atoms with E-state index in [2.05, 4.69) is 20.7 Å². The van der Waals surface area contributed by atoms with E-state index in [0.717, 1.165) is 11.3 Å². The van der Waals surface area contributed by atoms with Crippen molar-refractivity contribution in [2.24, 2.45) is 0 Å². The Kier molecular flexibility index (Phi) is 4.24. The number of aliphatic hydroxyl groups excluding tert-OH is 1. The Morgan fingerprint density at radius 2 is 2.05 bits per heavy atom. The summed E-state index contributed by atoms with van der Waals surface area (Å²) in [6.07, 6.45) is 0. The predicted molar refractivity (Wildman–Crippen MR) is 75.2 cm³/mol. The number of rotatable bonds is 4. The molecule has 0 aliphatic carbocycles. The van der Waals surface area contributed by atoms with Crippen LogP contribution in [0, 0.1) is 5.82 Å². The number of sulfonamides is 1. The molecule has 0 atom stereocenters. The third kappa shape index (κ3) is 3.14. The zero-order valence-corrected chi connectivity index (χ0v) is 12.6. The van der Waals surface area contributed by atoms with Crippen molar-refractivity contribution in [3.05, 3.63) is 44.8 Å². The number of aliphatic hydroxyl groups is 1. The number of thiophene rings is 1. The predicted octanol–water partition coefficient (Wildman–Crippen LogP) is 2.94. The Morgan fingerprint density at radius 1 is 1.37 bits per heavy atom. The van der Waals surface area contributed by atoms with Crippen LogP contribution >= 0.6 is 27.3 Å². The fourth-order valence-electron chi connectivity index (χ4n) is 1.40. The third-order valence-corrected chi connectivity index (χ3v) is 5.87. The first-order valence-electron chi connectivity index (χ1n) is 5.10. The molecular weight excluding hydrogens is 357 g/mol. The van der Waals surface area contributed by atoms with Gasteiger partial charge in [0.05, 0.1) is 16.1 Å². The Hall–Kier alpha value is -0.960. The molecule has 0 unspecified atom stereocenters. The molecule has 0 amide bonds. The van der Waals surface area contributed by atoms with E-state index in [9.17, 15) is 12.8 Å². The molecule has 102 valence electrons. The van der Waals surface area contributed by atoms with Crippen LogP contribution < -0.4 is 4.72 Å². The van der Waals surface area contributed by atoms with E-state index >= 15 is 0 Å². The molecule has 1 heterocycles. The van der Waals surface area contributed by atoms with E-state index < -0.39 is 15.8 Å². The average Bonchev–Trinajstić information content (AvgIpc) is 2.74. The van der Waals surface area contributed by atoms with E-state index in [1.807, 2.05) is 0 Å². The van der Waals surface area contributed by atoms with Crippen LogP contribution in [0.15, 0.2) is 39.0 Å². The second kappa shape index (κ2) is 5.58. The number of benzene rings is 1. The van der Waals surface area contributed by atoms with Gasteiger partial charge in [-0.2, -0.15) is 0 Å². The number of halogens is 2. The van der Waals surface area contributed by atoms with Gasteiger partial charge in [-0.25, -0.2) is 12.8 Å². The van der Waals surface area contributed by atoms with E-state index in [0.29, 0.717) is 8.66 Å². The van der Waals surface area contributed by atoms with Gasteiger partial charge in [-0.1, -0.05) is 12.1 Å². The fraction of sp³-hybridized carbons (Fsp3) is 0.0909. The molecule has 0 bridgehead atoms. The molecule has 2 N–H and O–H groups in total. The van der Waals surface area contributed by atoms with Crippen LogP contribution in [-0.2, 0) is 16.6 Å². The second-order valence-corrected chi connectivity index (χ2v) is 7.70. The maximum absolute atomic E-state index is 13.4. The number of nitrogens with one attached hydrogen (secondary N) is 1. The highest BCUT2D eigenvalue weighted by atomic mass is 79.9. The molecule has 0 saturated carbocycles. The fourth-order valence-corrected chi connectivity index (χ4v) is 5.01. The van der Waals surface area contributed by atoms with Crippen molar-refractivity contribution in [3.63, 3.8) is 0 Å². The topological polar surface area (TPSA) is 66.4 Å². The highest BCUT2D eigenvalue weighted by Gasteiger charge is 2.21. The van der Waals surface area contributed by atoms with E-state index in [1.165, 1.54) is 30.3 Å². The van der Waals surface area contributed by atoms with Crippen molar-refractivity contribution in [3.8, 4) is 0 Å². The molecule has 0 radical (unpaired) electrons. The molecule has 1 aromatic heterocycles. The van der Waals surface area contributed by atoms with Crippen LogP contribution in [0.2, 0.25) is 0 Å². The van der Waals surface area contributed by atoms with Gasteiger partial charge in [0.25, 0.3) is 10.0 Å². The normalized spacial score (nSPS) is 11.5. The summed E-state index contributed by atoms with van der Waals surface area (Å²) in [5, 5.41) is 8.99. The van der Waals surface area contributed by atoms with Gasteiger partial charge in [0.1, 0.15) is 10.7 Å². The standard InChI is InChI=1S/C11H9BrFNO3S2/c12-11-10(5-7(6-15)18-11)19(16,17)14-9-4-2-1-3-8(9)13/h1-5,14-15H,6H2. The summed E-state index contributed by atoms with van der Waals surface area (Å²) in [5.74, 6) is -0.653. The maximum Gasteiger partial charge on any atom is 0.263 e. The maximum atomic E-state index is 13.4. The lowest BCUT2D eigenvalue weighted by Gasteiger charge is -2.07. The first kappa shape index (κ1) is 14.4. The molecule has 0 aliphatic heterocycles. The van der Waals surface area contributed by atoms with Gasteiger partial charge < -0.3 is 5.11 Å². The summed E-state index contributed by atoms with van der Waals surface area (Å²) >= 11 is 4.23. The van der Waals surface area contributed by atoms with Crippen molar-refractivity contribution < 1.29 is 17.9 Å². The van der Waals surface area contributed by atoms with Gasteiger partial charge in [-0.05, 0) is 34.1 Å². The molecule has 0 saturated heterocycles. The van der Waals surface area contributed by atoms with Gasteiger partial charge in [0, 0.05) is 4.88 Å². The summed E-state index contributed by atoms with van der Waals surface area (Å²) in [4.78, 5) is 0.477. The second-order valence-electron chi connectivity index (χ2n) is 3.59. The van der Waals surface area contributed by atoms with Gasteiger partial charge >= 0.3 is 0 Å². The van der Waals surface area contributed by atoms with Crippen molar-refractivity contribution >= 4 is 43.0 Å². The quantitative estimate of drug-likeness (QED) is 0.875. The lowest BCUT2D eigenvalue weighted by Crippen LogP contribution is -2.13. The summed E-state index contributed by atoms with van der Waals surface area (Å²) in [6, 6.07) is 6.85. The number of para-hydroxylation sites is 1. The first-order chi connectivity index (χ1) is 8.94. The van der Waals surface area contributed by atoms with Crippen molar-refractivity contribution in [1.29, 1.82) is 0 Å². The SMILES string of the molecule is O=S(=O)(Nc1ccccc1F)c1cc(CO)sc1Br.